The number of carbonyl (C=O) groups excluding carboxylic acids is 2. The number of ether oxygens (including phenoxy) is 3. The monoisotopic (exact) mass is 384 g/mol. The van der Waals surface area contributed by atoms with Crippen LogP contribution in [0, 0.1) is 0 Å². The van der Waals surface area contributed by atoms with Crippen LogP contribution in [0.25, 0.3) is 0 Å². The summed E-state index contributed by atoms with van der Waals surface area (Å²) in [6.45, 7) is 1.53. The van der Waals surface area contributed by atoms with Gasteiger partial charge in [0.2, 0.25) is 6.79 Å². The highest BCUT2D eigenvalue weighted by Crippen LogP contribution is 2.37. The van der Waals surface area contributed by atoms with Gasteiger partial charge in [0.25, 0.3) is 5.91 Å². The Morgan fingerprint density at radius 3 is 2.71 bits per heavy atom. The topological polar surface area (TPSA) is 97.3 Å². The molecule has 8 nitrogen and oxygen atoms in total. The second kappa shape index (κ2) is 7.05. The fraction of sp³-hybridized carbons (Fsp3) is 0.300. The molecule has 2 unspecified atom stereocenters. The number of para-hydroxylation sites is 1. The molecule has 1 fully saturated rings. The second-order valence-electron chi connectivity index (χ2n) is 6.82. The molecule has 0 aromatic heterocycles. The number of benzene rings is 2. The van der Waals surface area contributed by atoms with Gasteiger partial charge in [-0.15, -0.1) is 0 Å². The van der Waals surface area contributed by atoms with Crippen LogP contribution >= 0.6 is 0 Å². The van der Waals surface area contributed by atoms with Crippen LogP contribution in [0.2, 0.25) is 0 Å². The number of carbonyl (C=O) groups is 2. The van der Waals surface area contributed by atoms with Crippen molar-refractivity contribution in [2.24, 2.45) is 0 Å². The maximum absolute atomic E-state index is 13.0. The van der Waals surface area contributed by atoms with E-state index in [0.717, 1.165) is 4.90 Å². The van der Waals surface area contributed by atoms with Crippen molar-refractivity contribution in [2.75, 3.05) is 19.9 Å². The molecule has 0 spiro atoms. The fourth-order valence-corrected chi connectivity index (χ4v) is 3.24. The van der Waals surface area contributed by atoms with E-state index in [4.69, 9.17) is 14.2 Å². The lowest BCUT2D eigenvalue weighted by atomic mass is 9.91. The number of amides is 3. The second-order valence-corrected chi connectivity index (χ2v) is 6.82. The number of imide groups is 1. The van der Waals surface area contributed by atoms with Gasteiger partial charge >= 0.3 is 6.03 Å². The standard InChI is InChI=1S/C20H20N2O6/c1-20(13-7-8-16-17(9-13)28-12-27-16)18(24)22(19(25)21-20)10-14(23)11-26-15-5-3-2-4-6-15/h2-9,14,23H,10-12H2,1H3,(H,21,25). The van der Waals surface area contributed by atoms with Crippen molar-refractivity contribution < 1.29 is 28.9 Å². The Balaban J connectivity index is 1.44. The molecule has 0 radical (unpaired) electrons. The molecule has 146 valence electrons. The Labute approximate surface area is 161 Å². The van der Waals surface area contributed by atoms with Crippen molar-refractivity contribution in [3.63, 3.8) is 0 Å². The van der Waals surface area contributed by atoms with Gasteiger partial charge in [0.05, 0.1) is 6.54 Å². The summed E-state index contributed by atoms with van der Waals surface area (Å²) < 4.78 is 16.1. The van der Waals surface area contributed by atoms with Crippen LogP contribution in [0.4, 0.5) is 4.79 Å². The Hall–Kier alpha value is -3.26. The van der Waals surface area contributed by atoms with Gasteiger partial charge in [-0.2, -0.15) is 0 Å². The molecule has 2 aliphatic rings. The summed E-state index contributed by atoms with van der Waals surface area (Å²) in [5.41, 5.74) is -0.675. The first-order valence-electron chi connectivity index (χ1n) is 8.87. The van der Waals surface area contributed by atoms with E-state index >= 15 is 0 Å². The molecule has 2 atom stereocenters. The molecule has 2 heterocycles. The highest BCUT2D eigenvalue weighted by Gasteiger charge is 2.49. The van der Waals surface area contributed by atoms with Crippen LogP contribution in [-0.2, 0) is 10.3 Å². The first-order valence-corrected chi connectivity index (χ1v) is 8.87. The summed E-state index contributed by atoms with van der Waals surface area (Å²) >= 11 is 0. The molecular weight excluding hydrogens is 364 g/mol. The zero-order valence-electron chi connectivity index (χ0n) is 15.3. The predicted octanol–water partition coefficient (Wildman–Crippen LogP) is 1.62. The van der Waals surface area contributed by atoms with E-state index in [2.05, 4.69) is 5.32 Å². The quantitative estimate of drug-likeness (QED) is 0.735. The summed E-state index contributed by atoms with van der Waals surface area (Å²) in [6, 6.07) is 13.5. The maximum Gasteiger partial charge on any atom is 0.325 e. The molecule has 0 bridgehead atoms. The molecule has 8 heteroatoms. The molecule has 2 N–H and O–H groups in total. The summed E-state index contributed by atoms with van der Waals surface area (Å²) in [5, 5.41) is 12.9. The lowest BCUT2D eigenvalue weighted by molar-refractivity contribution is -0.132. The van der Waals surface area contributed by atoms with Gasteiger partial charge in [-0.25, -0.2) is 4.79 Å². The molecule has 0 aliphatic carbocycles. The average Bonchev–Trinajstić information content (AvgIpc) is 3.25. The van der Waals surface area contributed by atoms with Gasteiger partial charge in [0, 0.05) is 0 Å². The van der Waals surface area contributed by atoms with Crippen LogP contribution in [0.15, 0.2) is 48.5 Å². The molecule has 2 aromatic rings. The Morgan fingerprint density at radius 1 is 1.18 bits per heavy atom. The Kier molecular flexibility index (Phi) is 4.56. The van der Waals surface area contributed by atoms with Gasteiger partial charge in [-0.05, 0) is 36.8 Å². The third-order valence-corrected chi connectivity index (χ3v) is 4.80. The van der Waals surface area contributed by atoms with Crippen molar-refractivity contribution in [2.45, 2.75) is 18.6 Å². The zero-order valence-corrected chi connectivity index (χ0v) is 15.3. The number of nitrogens with one attached hydrogen (secondary N) is 1. The summed E-state index contributed by atoms with van der Waals surface area (Å²) in [6.07, 6.45) is -1.02. The summed E-state index contributed by atoms with van der Waals surface area (Å²) in [5.74, 6) is 1.27. The normalized spacial score (nSPS) is 21.6. The number of hydrogen-bond acceptors (Lipinski definition) is 6. The molecule has 28 heavy (non-hydrogen) atoms. The largest absolute Gasteiger partial charge is 0.491 e. The number of aliphatic hydroxyl groups excluding tert-OH is 1. The number of β-amino-alcohol motifs (C(OH)–C–C–N with tert-alkyl or cyclic N) is 1. The van der Waals surface area contributed by atoms with E-state index in [1.54, 1.807) is 37.3 Å². The number of rotatable bonds is 6. The first kappa shape index (κ1) is 18.1. The fourth-order valence-electron chi connectivity index (χ4n) is 3.24. The van der Waals surface area contributed by atoms with Gasteiger partial charge in [0.1, 0.15) is 24.0 Å². The van der Waals surface area contributed by atoms with Crippen LogP contribution in [0.3, 0.4) is 0 Å². The van der Waals surface area contributed by atoms with Crippen molar-refractivity contribution in [1.82, 2.24) is 10.2 Å². The molecule has 2 aromatic carbocycles. The number of urea groups is 1. The first-order chi connectivity index (χ1) is 13.5. The summed E-state index contributed by atoms with van der Waals surface area (Å²) in [7, 11) is 0. The van der Waals surface area contributed by atoms with Crippen LogP contribution < -0.4 is 19.5 Å². The average molecular weight is 384 g/mol. The highest BCUT2D eigenvalue weighted by molar-refractivity contribution is 6.07. The highest BCUT2D eigenvalue weighted by atomic mass is 16.7. The lowest BCUT2D eigenvalue weighted by Crippen LogP contribution is -2.42. The number of aliphatic hydroxyl groups is 1. The minimum Gasteiger partial charge on any atom is -0.491 e. The smallest absolute Gasteiger partial charge is 0.325 e. The third-order valence-electron chi connectivity index (χ3n) is 4.80. The zero-order chi connectivity index (χ0) is 19.7. The van der Waals surface area contributed by atoms with E-state index in [9.17, 15) is 14.7 Å². The number of fused-ring (bicyclic) bond motifs is 1. The molecule has 4 rings (SSSR count). The van der Waals surface area contributed by atoms with E-state index in [-0.39, 0.29) is 19.9 Å². The number of hydrogen-bond donors (Lipinski definition) is 2. The van der Waals surface area contributed by atoms with Crippen LogP contribution in [0.5, 0.6) is 17.2 Å². The molecule has 1 saturated heterocycles. The van der Waals surface area contributed by atoms with Crippen LogP contribution in [-0.4, -0.2) is 48.0 Å². The van der Waals surface area contributed by atoms with Gasteiger partial charge in [0.15, 0.2) is 11.5 Å². The SMILES string of the molecule is CC1(c2ccc3c(c2)OCO3)NC(=O)N(CC(O)COc2ccccc2)C1=O. The molecular formula is C20H20N2O6. The third kappa shape index (κ3) is 3.22. The summed E-state index contributed by atoms with van der Waals surface area (Å²) in [4.78, 5) is 26.4. The van der Waals surface area contributed by atoms with E-state index in [1.807, 2.05) is 18.2 Å². The van der Waals surface area contributed by atoms with Crippen molar-refractivity contribution in [3.05, 3.63) is 54.1 Å². The van der Waals surface area contributed by atoms with Crippen LogP contribution in [0.1, 0.15) is 12.5 Å². The Bertz CT molecular complexity index is 903. The van der Waals surface area contributed by atoms with E-state index in [1.165, 1.54) is 0 Å². The molecule has 2 aliphatic heterocycles. The van der Waals surface area contributed by atoms with Gasteiger partial charge in [-0.1, -0.05) is 24.3 Å². The van der Waals surface area contributed by atoms with E-state index < -0.39 is 23.6 Å². The van der Waals surface area contributed by atoms with Crippen molar-refractivity contribution in [1.29, 1.82) is 0 Å². The minimum atomic E-state index is -1.25. The van der Waals surface area contributed by atoms with Gasteiger partial charge in [-0.3, -0.25) is 9.69 Å². The van der Waals surface area contributed by atoms with E-state index in [0.29, 0.717) is 22.8 Å². The minimum absolute atomic E-state index is 0.0399. The maximum atomic E-state index is 13.0. The predicted molar refractivity (Wildman–Crippen MR) is 98.1 cm³/mol. The van der Waals surface area contributed by atoms with Crippen molar-refractivity contribution in [3.8, 4) is 17.2 Å². The molecule has 0 saturated carbocycles. The Morgan fingerprint density at radius 2 is 1.93 bits per heavy atom. The number of nitrogens with zero attached hydrogens (tertiary/aromatic N) is 1. The molecule has 3 amide bonds. The lowest BCUT2D eigenvalue weighted by Gasteiger charge is -2.23. The van der Waals surface area contributed by atoms with Crippen molar-refractivity contribution >= 4 is 11.9 Å². The van der Waals surface area contributed by atoms with Gasteiger partial charge < -0.3 is 24.6 Å².